The lowest BCUT2D eigenvalue weighted by atomic mass is 12.0. The van der Waals surface area contributed by atoms with Crippen LogP contribution in [-0.4, -0.2) is 6.66 Å². The third-order valence-corrected chi connectivity index (χ3v) is 4.06. The first-order valence-corrected chi connectivity index (χ1v) is 6.95. The van der Waals surface area contributed by atoms with Crippen molar-refractivity contribution in [1.29, 1.82) is 5.16 Å². The van der Waals surface area contributed by atoms with Crippen LogP contribution in [0.25, 0.3) is 0 Å². The molecule has 1 unspecified atom stereocenters. The summed E-state index contributed by atoms with van der Waals surface area (Å²) in [5.41, 5.74) is 0. The Balaban J connectivity index is 4.99. The summed E-state index contributed by atoms with van der Waals surface area (Å²) in [6, 6.07) is 0. The van der Waals surface area contributed by atoms with Gasteiger partial charge < -0.3 is 0 Å². The van der Waals surface area contributed by atoms with Crippen LogP contribution in [0.5, 0.6) is 0 Å². The number of nitrogens with zero attached hydrogens (tertiary/aromatic N) is 2. The number of nitrogens with one attached hydrogen (secondary N) is 1. The summed E-state index contributed by atoms with van der Waals surface area (Å²) in [5.74, 6) is 0. The number of hydrogen-bond donors (Lipinski definition) is 1. The molecule has 72 valence electrons. The van der Waals surface area contributed by atoms with Gasteiger partial charge in [-0.2, -0.15) is 8.71 Å². The smallest absolute Gasteiger partial charge is 0.270 e. The van der Waals surface area contributed by atoms with Gasteiger partial charge in [-0.3, -0.25) is 5.16 Å². The molecule has 1 atom stereocenters. The van der Waals surface area contributed by atoms with Crippen molar-refractivity contribution in [2.45, 2.75) is 0 Å². The first-order valence-electron chi connectivity index (χ1n) is 2.32. The number of rotatable bonds is 2. The van der Waals surface area contributed by atoms with Crippen LogP contribution in [0.2, 0.25) is 0 Å². The molecule has 12 heavy (non-hydrogen) atoms. The second-order valence-electron chi connectivity index (χ2n) is 1.70. The van der Waals surface area contributed by atoms with E-state index in [1.165, 1.54) is 0 Å². The van der Waals surface area contributed by atoms with E-state index < -0.39 is 23.7 Å². The summed E-state index contributed by atoms with van der Waals surface area (Å²) in [4.78, 5) is 0. The van der Waals surface area contributed by atoms with Crippen LogP contribution in [0.1, 0.15) is 0 Å². The molecule has 1 N–H and O–H groups in total. The summed E-state index contributed by atoms with van der Waals surface area (Å²) in [6.07, 6.45) is 0. The molecule has 11 heteroatoms. The Kier molecular flexibility index (Phi) is 4.01. The van der Waals surface area contributed by atoms with Gasteiger partial charge in [-0.25, -0.2) is 0 Å². The SMILES string of the molecule is CP(=N)(F)N=P(F)(F)N=[P+](F)F. The highest BCUT2D eigenvalue weighted by molar-refractivity contribution is 7.69. The molecule has 3 nitrogen and oxygen atoms in total. The Hall–Kier alpha value is 0.210. The van der Waals surface area contributed by atoms with Crippen molar-refractivity contribution >= 4 is 23.7 Å². The Morgan fingerprint density at radius 1 is 1.25 bits per heavy atom. The fourth-order valence-electron chi connectivity index (χ4n) is 0.301. The summed E-state index contributed by atoms with van der Waals surface area (Å²) >= 11 is 0. The highest BCUT2D eigenvalue weighted by atomic mass is 31.3. The van der Waals surface area contributed by atoms with E-state index in [0.717, 1.165) is 0 Å². The van der Waals surface area contributed by atoms with Crippen molar-refractivity contribution < 1.29 is 21.0 Å². The van der Waals surface area contributed by atoms with Crippen LogP contribution in [-0.2, 0) is 0 Å². The first kappa shape index (κ1) is 12.2. The topological polar surface area (TPSA) is 48.6 Å². The van der Waals surface area contributed by atoms with Gasteiger partial charge in [0, 0.05) is 6.66 Å². The van der Waals surface area contributed by atoms with Gasteiger partial charge in [-0.15, -0.1) is 8.39 Å². The molecule has 0 radical (unpaired) electrons. The maximum atomic E-state index is 12.2. The molecule has 0 aromatic carbocycles. The average molecular weight is 246 g/mol. The third-order valence-electron chi connectivity index (χ3n) is 0.451. The van der Waals surface area contributed by atoms with Crippen LogP contribution < -0.4 is 0 Å². The first-order chi connectivity index (χ1) is 5.12. The molecule has 0 heterocycles. The zero-order valence-corrected chi connectivity index (χ0v) is 8.31. The molecule has 0 fully saturated rings. The Morgan fingerprint density at radius 3 is 1.92 bits per heavy atom. The second kappa shape index (κ2) is 3.95. The van der Waals surface area contributed by atoms with Crippen molar-refractivity contribution in [3.8, 4) is 0 Å². The van der Waals surface area contributed by atoms with Crippen LogP contribution >= 0.6 is 23.7 Å². The fourth-order valence-corrected chi connectivity index (χ4v) is 3.03. The molecule has 0 spiro atoms. The molecule has 0 aliphatic heterocycles. The monoisotopic (exact) mass is 246 g/mol. The van der Waals surface area contributed by atoms with Gasteiger partial charge >= 0.3 is 16.2 Å². The van der Waals surface area contributed by atoms with E-state index in [1.807, 2.05) is 4.52 Å². The standard InChI is InChI=1S/CH4F5N3P3/c1-11(4,7)9-12(5,6)8-10(2)3/h7H,1H3/q+1. The zero-order chi connectivity index (χ0) is 9.99. The van der Waals surface area contributed by atoms with Crippen LogP contribution in [0.3, 0.4) is 0 Å². The van der Waals surface area contributed by atoms with Crippen LogP contribution in [0, 0.1) is 5.16 Å². The van der Waals surface area contributed by atoms with E-state index in [4.69, 9.17) is 5.16 Å². The van der Waals surface area contributed by atoms with E-state index in [2.05, 4.69) is 0 Å². The van der Waals surface area contributed by atoms with Crippen molar-refractivity contribution in [1.82, 2.24) is 0 Å². The van der Waals surface area contributed by atoms with Gasteiger partial charge in [-0.05, 0) is 0 Å². The minimum atomic E-state index is -5.60. The second-order valence-corrected chi connectivity index (χ2v) is 6.18. The Morgan fingerprint density at radius 2 is 1.67 bits per heavy atom. The largest absolute Gasteiger partial charge is 0.668 e. The number of halogens is 5. The molecule has 0 aliphatic carbocycles. The zero-order valence-electron chi connectivity index (χ0n) is 5.63. The van der Waals surface area contributed by atoms with E-state index in [0.29, 0.717) is 6.66 Å². The van der Waals surface area contributed by atoms with Gasteiger partial charge in [0.05, 0.1) is 12.9 Å². The third kappa shape index (κ3) is 6.89. The van der Waals surface area contributed by atoms with Gasteiger partial charge in [0.1, 0.15) is 0 Å². The lowest BCUT2D eigenvalue weighted by Gasteiger charge is -1.97. The maximum Gasteiger partial charge on any atom is 0.668 e. The van der Waals surface area contributed by atoms with E-state index >= 15 is 0 Å². The molecule has 0 saturated carbocycles. The Labute approximate surface area is 66.5 Å². The highest BCUT2D eigenvalue weighted by Gasteiger charge is 2.29. The van der Waals surface area contributed by atoms with Gasteiger partial charge in [-0.1, -0.05) is 0 Å². The number of hydrogen-bond acceptors (Lipinski definition) is 1. The van der Waals surface area contributed by atoms with Gasteiger partial charge in [0.25, 0.3) is 0 Å². The van der Waals surface area contributed by atoms with Crippen molar-refractivity contribution in [3.05, 3.63) is 0 Å². The molecule has 0 aromatic heterocycles. The Bertz CT molecular complexity index is 280. The maximum absolute atomic E-state index is 12.2. The fraction of sp³-hybridized carbons (Fsp3) is 1.00. The molecule has 0 saturated heterocycles. The minimum Gasteiger partial charge on any atom is -0.270 e. The summed E-state index contributed by atoms with van der Waals surface area (Å²) < 4.78 is 62.9. The van der Waals surface area contributed by atoms with Crippen LogP contribution in [0.15, 0.2) is 9.03 Å². The predicted molar refractivity (Wildman–Crippen MR) is 39.8 cm³/mol. The van der Waals surface area contributed by atoms with E-state index in [1.54, 1.807) is 4.52 Å². The predicted octanol–water partition coefficient (Wildman–Crippen LogP) is 5.52. The van der Waals surface area contributed by atoms with Gasteiger partial charge in [0.15, 0.2) is 0 Å². The van der Waals surface area contributed by atoms with Crippen LogP contribution in [0.4, 0.5) is 21.0 Å². The lowest BCUT2D eigenvalue weighted by Crippen LogP contribution is -1.58. The molecular weight excluding hydrogens is 242 g/mol. The van der Waals surface area contributed by atoms with Gasteiger partial charge in [0.2, 0.25) is 7.52 Å². The molecule has 0 amide bonds. The quantitative estimate of drug-likeness (QED) is 0.492. The molecule has 0 bridgehead atoms. The minimum absolute atomic E-state index is 0.523. The van der Waals surface area contributed by atoms with Crippen molar-refractivity contribution in [3.63, 3.8) is 0 Å². The summed E-state index contributed by atoms with van der Waals surface area (Å²) in [5, 5.41) is 6.36. The highest BCUT2D eigenvalue weighted by Crippen LogP contribution is 2.67. The average Bonchev–Trinajstić information content (AvgIpc) is 1.48. The van der Waals surface area contributed by atoms with E-state index in [9.17, 15) is 21.0 Å². The van der Waals surface area contributed by atoms with Crippen molar-refractivity contribution in [2.75, 3.05) is 6.66 Å². The molecule has 0 rings (SSSR count). The molecule has 0 aliphatic rings. The van der Waals surface area contributed by atoms with Crippen molar-refractivity contribution in [2.24, 2.45) is 9.03 Å². The summed E-state index contributed by atoms with van der Waals surface area (Å²) in [7, 11) is -14.1. The molecular formula is CH4F5N3P3+. The lowest BCUT2D eigenvalue weighted by molar-refractivity contribution is 0.716. The van der Waals surface area contributed by atoms with E-state index in [-0.39, 0.29) is 0 Å². The summed E-state index contributed by atoms with van der Waals surface area (Å²) in [6.45, 7) is 0.523. The molecule has 0 aromatic rings. The normalized spacial score (nSPS) is 16.5.